The molecule has 0 unspecified atom stereocenters. The van der Waals surface area contributed by atoms with Crippen LogP contribution in [-0.2, 0) is 20.7 Å². The van der Waals surface area contributed by atoms with Crippen molar-refractivity contribution in [2.24, 2.45) is 0 Å². The Morgan fingerprint density at radius 3 is 2.16 bits per heavy atom. The highest BCUT2D eigenvalue weighted by molar-refractivity contribution is 5.91. The number of ether oxygens (including phenoxy) is 2. The Hall–Kier alpha value is -4.39. The van der Waals surface area contributed by atoms with Gasteiger partial charge in [-0.1, -0.05) is 79.4 Å². The third kappa shape index (κ3) is 5.56. The molecule has 37 heavy (non-hydrogen) atoms. The first-order valence-electron chi connectivity index (χ1n) is 12.1. The van der Waals surface area contributed by atoms with E-state index in [1.54, 1.807) is 24.3 Å². The predicted octanol–water partition coefficient (Wildman–Crippen LogP) is 5.30. The Balaban J connectivity index is 1.42. The lowest BCUT2D eigenvalue weighted by Crippen LogP contribution is -2.43. The van der Waals surface area contributed by atoms with Gasteiger partial charge in [0.25, 0.3) is 0 Å². The van der Waals surface area contributed by atoms with Gasteiger partial charge in [-0.05, 0) is 46.7 Å². The zero-order valence-electron chi connectivity index (χ0n) is 20.6. The zero-order valence-corrected chi connectivity index (χ0v) is 20.6. The van der Waals surface area contributed by atoms with Crippen molar-refractivity contribution >= 4 is 18.0 Å². The Morgan fingerprint density at radius 2 is 1.54 bits per heavy atom. The summed E-state index contributed by atoms with van der Waals surface area (Å²) in [6.45, 7) is 3.71. The van der Waals surface area contributed by atoms with Crippen LogP contribution in [0.5, 0.6) is 0 Å². The number of amides is 1. The maximum atomic E-state index is 12.9. The molecule has 0 spiro atoms. The topological polar surface area (TPSA) is 93.1 Å². The fourth-order valence-corrected chi connectivity index (χ4v) is 4.75. The van der Waals surface area contributed by atoms with Gasteiger partial charge in [-0.3, -0.25) is 4.90 Å². The van der Waals surface area contributed by atoms with E-state index in [-0.39, 0.29) is 32.0 Å². The number of esters is 1. The number of likely N-dealkylation sites (N-methyl/N-ethyl adjacent to an activating group) is 1. The smallest absolute Gasteiger partial charge is 0.410 e. The fourth-order valence-electron chi connectivity index (χ4n) is 4.75. The summed E-state index contributed by atoms with van der Waals surface area (Å²) in [5, 5.41) is 9.85. The zero-order chi connectivity index (χ0) is 26.4. The van der Waals surface area contributed by atoms with Crippen molar-refractivity contribution in [3.8, 4) is 11.1 Å². The maximum absolute atomic E-state index is 12.9. The summed E-state index contributed by atoms with van der Waals surface area (Å²) in [4.78, 5) is 38.5. The van der Waals surface area contributed by atoms with Crippen molar-refractivity contribution in [3.63, 3.8) is 0 Å². The van der Waals surface area contributed by atoms with E-state index in [0.717, 1.165) is 27.2 Å². The van der Waals surface area contributed by atoms with Crippen LogP contribution in [0.1, 0.15) is 39.4 Å². The molecule has 190 valence electrons. The van der Waals surface area contributed by atoms with Gasteiger partial charge in [0.05, 0.1) is 5.56 Å². The Morgan fingerprint density at radius 1 is 0.946 bits per heavy atom. The van der Waals surface area contributed by atoms with E-state index in [9.17, 15) is 19.5 Å². The standard InChI is InChI=1S/C30H29NO6/c1-3-18-36-29(34)21-11-5-4-10-20(21)16-17-27(28(32)33)31(2)30(35)37-19-26-24-14-8-6-12-22(24)23-13-7-9-15-25(23)26/h3-15,26-27H,1,16-19H2,2H3,(H,32,33)/t27-/m1/s1. The minimum Gasteiger partial charge on any atom is -0.480 e. The van der Waals surface area contributed by atoms with Crippen LogP contribution in [0, 0.1) is 0 Å². The lowest BCUT2D eigenvalue weighted by molar-refractivity contribution is -0.142. The van der Waals surface area contributed by atoms with Gasteiger partial charge in [0, 0.05) is 13.0 Å². The lowest BCUT2D eigenvalue weighted by atomic mass is 9.98. The van der Waals surface area contributed by atoms with Gasteiger partial charge >= 0.3 is 18.0 Å². The van der Waals surface area contributed by atoms with Crippen molar-refractivity contribution in [2.45, 2.75) is 24.8 Å². The number of rotatable bonds is 10. The van der Waals surface area contributed by atoms with Crippen molar-refractivity contribution in [1.29, 1.82) is 0 Å². The molecular formula is C30H29NO6. The molecule has 1 aliphatic carbocycles. The molecule has 1 N–H and O–H groups in total. The molecule has 1 atom stereocenters. The number of nitrogens with zero attached hydrogens (tertiary/aromatic N) is 1. The van der Waals surface area contributed by atoms with E-state index in [2.05, 4.69) is 6.58 Å². The highest BCUT2D eigenvalue weighted by atomic mass is 16.6. The first-order valence-corrected chi connectivity index (χ1v) is 12.1. The quantitative estimate of drug-likeness (QED) is 0.301. The maximum Gasteiger partial charge on any atom is 0.410 e. The molecule has 0 aromatic heterocycles. The van der Waals surface area contributed by atoms with Gasteiger partial charge < -0.3 is 14.6 Å². The second kappa shape index (κ2) is 11.6. The number of fused-ring (bicyclic) bond motifs is 3. The first kappa shape index (κ1) is 25.7. The molecule has 3 aromatic carbocycles. The summed E-state index contributed by atoms with van der Waals surface area (Å²) in [5.74, 6) is -1.78. The normalized spacial score (nSPS) is 12.7. The van der Waals surface area contributed by atoms with Crippen LogP contribution in [-0.4, -0.2) is 54.3 Å². The van der Waals surface area contributed by atoms with Crippen molar-refractivity contribution in [2.75, 3.05) is 20.3 Å². The molecular weight excluding hydrogens is 470 g/mol. The SMILES string of the molecule is C=CCOC(=O)c1ccccc1CC[C@H](C(=O)O)N(C)C(=O)OCC1c2ccccc2-c2ccccc21. The van der Waals surface area contributed by atoms with Crippen LogP contribution in [0.4, 0.5) is 4.79 Å². The molecule has 0 aliphatic heterocycles. The Labute approximate surface area is 215 Å². The van der Waals surface area contributed by atoms with E-state index in [4.69, 9.17) is 9.47 Å². The summed E-state index contributed by atoms with van der Waals surface area (Å²) in [6.07, 6.45) is 1.12. The number of aryl methyl sites for hydroxylation is 1. The molecule has 7 nitrogen and oxygen atoms in total. The van der Waals surface area contributed by atoms with E-state index >= 15 is 0 Å². The van der Waals surface area contributed by atoms with Crippen LogP contribution in [0.15, 0.2) is 85.5 Å². The number of benzene rings is 3. The Bertz CT molecular complexity index is 1270. The van der Waals surface area contributed by atoms with Gasteiger partial charge in [0.2, 0.25) is 0 Å². The van der Waals surface area contributed by atoms with Gasteiger partial charge in [0.15, 0.2) is 0 Å². The van der Waals surface area contributed by atoms with Crippen LogP contribution in [0.2, 0.25) is 0 Å². The third-order valence-corrected chi connectivity index (χ3v) is 6.63. The Kier molecular flexibility index (Phi) is 8.03. The molecule has 0 saturated carbocycles. The second-order valence-electron chi connectivity index (χ2n) is 8.85. The van der Waals surface area contributed by atoms with Crippen molar-refractivity contribution < 1.29 is 29.0 Å². The lowest BCUT2D eigenvalue weighted by Gasteiger charge is -2.25. The van der Waals surface area contributed by atoms with Gasteiger partial charge in [-0.2, -0.15) is 0 Å². The summed E-state index contributed by atoms with van der Waals surface area (Å²) in [7, 11) is 1.42. The number of hydrogen-bond acceptors (Lipinski definition) is 5. The molecule has 7 heteroatoms. The van der Waals surface area contributed by atoms with E-state index in [0.29, 0.717) is 11.1 Å². The van der Waals surface area contributed by atoms with Crippen LogP contribution in [0.25, 0.3) is 11.1 Å². The van der Waals surface area contributed by atoms with Crippen LogP contribution in [0.3, 0.4) is 0 Å². The van der Waals surface area contributed by atoms with Gasteiger partial charge in [-0.25, -0.2) is 14.4 Å². The number of carbonyl (C=O) groups excluding carboxylic acids is 2. The highest BCUT2D eigenvalue weighted by Crippen LogP contribution is 2.44. The largest absolute Gasteiger partial charge is 0.480 e. The average molecular weight is 500 g/mol. The summed E-state index contributed by atoms with van der Waals surface area (Å²) >= 11 is 0. The monoisotopic (exact) mass is 499 g/mol. The molecule has 0 radical (unpaired) electrons. The van der Waals surface area contributed by atoms with E-state index in [1.807, 2.05) is 48.5 Å². The second-order valence-corrected chi connectivity index (χ2v) is 8.85. The van der Waals surface area contributed by atoms with Crippen molar-refractivity contribution in [1.82, 2.24) is 4.90 Å². The fraction of sp³-hybridized carbons (Fsp3) is 0.233. The van der Waals surface area contributed by atoms with Crippen LogP contribution < -0.4 is 0 Å². The van der Waals surface area contributed by atoms with Gasteiger partial charge in [0.1, 0.15) is 19.3 Å². The van der Waals surface area contributed by atoms with Gasteiger partial charge in [-0.15, -0.1) is 0 Å². The minimum absolute atomic E-state index is 0.0788. The van der Waals surface area contributed by atoms with E-state index in [1.165, 1.54) is 13.1 Å². The average Bonchev–Trinajstić information content (AvgIpc) is 3.24. The first-order chi connectivity index (χ1) is 17.9. The molecule has 0 bridgehead atoms. The molecule has 0 saturated heterocycles. The number of hydrogen-bond donors (Lipinski definition) is 1. The predicted molar refractivity (Wildman–Crippen MR) is 139 cm³/mol. The van der Waals surface area contributed by atoms with Crippen LogP contribution >= 0.6 is 0 Å². The highest BCUT2D eigenvalue weighted by Gasteiger charge is 2.32. The van der Waals surface area contributed by atoms with Crippen molar-refractivity contribution in [3.05, 3.63) is 108 Å². The summed E-state index contributed by atoms with van der Waals surface area (Å²) in [6, 6.07) is 21.7. The number of carboxylic acids is 1. The summed E-state index contributed by atoms with van der Waals surface area (Å²) < 4.78 is 10.8. The molecule has 4 rings (SSSR count). The number of aliphatic carboxylic acids is 1. The third-order valence-electron chi connectivity index (χ3n) is 6.63. The summed E-state index contributed by atoms with van der Waals surface area (Å²) in [5.41, 5.74) is 5.38. The molecule has 1 amide bonds. The molecule has 1 aliphatic rings. The molecule has 0 heterocycles. The molecule has 0 fully saturated rings. The molecule has 3 aromatic rings. The number of carbonyl (C=O) groups is 3. The minimum atomic E-state index is -1.15. The number of carboxylic acid groups (broad SMARTS) is 1. The van der Waals surface area contributed by atoms with E-state index < -0.39 is 24.1 Å².